The number of rotatable bonds is 5. The van der Waals surface area contributed by atoms with E-state index in [1.165, 1.54) is 6.21 Å². The second kappa shape index (κ2) is 6.39. The van der Waals surface area contributed by atoms with Gasteiger partial charge < -0.3 is 9.72 Å². The molecule has 5 heteroatoms. The first-order valence-electron chi connectivity index (χ1n) is 5.89. The van der Waals surface area contributed by atoms with Crippen LogP contribution in [-0.2, 0) is 4.79 Å². The van der Waals surface area contributed by atoms with Crippen molar-refractivity contribution >= 4 is 12.1 Å². The summed E-state index contributed by atoms with van der Waals surface area (Å²) >= 11 is 0. The minimum Gasteiger partial charge on any atom is -0.484 e. The van der Waals surface area contributed by atoms with Crippen molar-refractivity contribution in [1.82, 2.24) is 10.4 Å². The van der Waals surface area contributed by atoms with E-state index in [-0.39, 0.29) is 12.5 Å². The van der Waals surface area contributed by atoms with E-state index in [1.807, 2.05) is 43.3 Å². The summed E-state index contributed by atoms with van der Waals surface area (Å²) in [6, 6.07) is 11.2. The third-order valence-corrected chi connectivity index (χ3v) is 2.41. The van der Waals surface area contributed by atoms with Crippen LogP contribution in [0.4, 0.5) is 0 Å². The Hall–Kier alpha value is -2.56. The van der Waals surface area contributed by atoms with Crippen LogP contribution in [0.25, 0.3) is 0 Å². The molecule has 0 spiro atoms. The number of carbonyl (C=O) groups is 1. The van der Waals surface area contributed by atoms with Gasteiger partial charge >= 0.3 is 0 Å². The third kappa shape index (κ3) is 4.31. The molecule has 0 aliphatic carbocycles. The average molecular weight is 257 g/mol. The SMILES string of the molecule is Cc1ccc(OCC(=O)NN=Cc2ccc[nH]2)cc1. The van der Waals surface area contributed by atoms with Gasteiger partial charge in [0, 0.05) is 6.20 Å². The fraction of sp³-hybridized carbons (Fsp3) is 0.143. The summed E-state index contributed by atoms with van der Waals surface area (Å²) in [6.45, 7) is 1.93. The van der Waals surface area contributed by atoms with E-state index in [2.05, 4.69) is 15.5 Å². The average Bonchev–Trinajstić information content (AvgIpc) is 2.91. The molecular weight excluding hydrogens is 242 g/mol. The highest BCUT2D eigenvalue weighted by Crippen LogP contribution is 2.10. The highest BCUT2D eigenvalue weighted by Gasteiger charge is 2.00. The molecule has 19 heavy (non-hydrogen) atoms. The number of aromatic nitrogens is 1. The second-order valence-corrected chi connectivity index (χ2v) is 4.02. The van der Waals surface area contributed by atoms with Crippen LogP contribution in [-0.4, -0.2) is 23.7 Å². The number of nitrogens with zero attached hydrogens (tertiary/aromatic N) is 1. The third-order valence-electron chi connectivity index (χ3n) is 2.41. The van der Waals surface area contributed by atoms with Crippen LogP contribution in [0.2, 0.25) is 0 Å². The lowest BCUT2D eigenvalue weighted by Crippen LogP contribution is -2.24. The Morgan fingerprint density at radius 2 is 2.16 bits per heavy atom. The van der Waals surface area contributed by atoms with E-state index < -0.39 is 0 Å². The van der Waals surface area contributed by atoms with Gasteiger partial charge in [0.15, 0.2) is 6.61 Å². The Morgan fingerprint density at radius 3 is 2.84 bits per heavy atom. The molecular formula is C14H15N3O2. The smallest absolute Gasteiger partial charge is 0.277 e. The number of hydrogen-bond acceptors (Lipinski definition) is 3. The van der Waals surface area contributed by atoms with Crippen LogP contribution in [0, 0.1) is 6.92 Å². The zero-order valence-corrected chi connectivity index (χ0v) is 10.6. The second-order valence-electron chi connectivity index (χ2n) is 4.02. The minimum absolute atomic E-state index is 0.0644. The van der Waals surface area contributed by atoms with Crippen molar-refractivity contribution in [1.29, 1.82) is 0 Å². The molecule has 0 fully saturated rings. The predicted molar refractivity (Wildman–Crippen MR) is 73.2 cm³/mol. The normalized spacial score (nSPS) is 10.6. The lowest BCUT2D eigenvalue weighted by molar-refractivity contribution is -0.123. The first-order valence-corrected chi connectivity index (χ1v) is 5.89. The first kappa shape index (κ1) is 12.9. The summed E-state index contributed by atoms with van der Waals surface area (Å²) < 4.78 is 5.32. The molecule has 0 bridgehead atoms. The molecule has 0 atom stereocenters. The Kier molecular flexibility index (Phi) is 4.34. The number of aromatic amines is 1. The fourth-order valence-corrected chi connectivity index (χ4v) is 1.41. The van der Waals surface area contributed by atoms with Gasteiger partial charge in [0.2, 0.25) is 0 Å². The van der Waals surface area contributed by atoms with Crippen LogP contribution in [0.1, 0.15) is 11.3 Å². The van der Waals surface area contributed by atoms with Crippen LogP contribution in [0.5, 0.6) is 5.75 Å². The summed E-state index contributed by atoms with van der Waals surface area (Å²) in [5, 5.41) is 3.80. The molecule has 1 amide bonds. The molecule has 2 aromatic rings. The van der Waals surface area contributed by atoms with Crippen LogP contribution < -0.4 is 10.2 Å². The number of H-pyrrole nitrogens is 1. The van der Waals surface area contributed by atoms with Gasteiger partial charge in [0.05, 0.1) is 11.9 Å². The quantitative estimate of drug-likeness (QED) is 0.634. The molecule has 2 N–H and O–H groups in total. The lowest BCUT2D eigenvalue weighted by atomic mass is 10.2. The van der Waals surface area contributed by atoms with Crippen LogP contribution >= 0.6 is 0 Å². The molecule has 1 aromatic heterocycles. The number of nitrogens with one attached hydrogen (secondary N) is 2. The number of benzene rings is 1. The van der Waals surface area contributed by atoms with E-state index in [1.54, 1.807) is 6.20 Å². The molecule has 0 radical (unpaired) electrons. The van der Waals surface area contributed by atoms with Gasteiger partial charge in [-0.15, -0.1) is 0 Å². The molecule has 0 saturated heterocycles. The van der Waals surface area contributed by atoms with Gasteiger partial charge in [0.25, 0.3) is 5.91 Å². The molecule has 2 rings (SSSR count). The standard InChI is InChI=1S/C14H15N3O2/c1-11-4-6-13(7-5-11)19-10-14(18)17-16-9-12-3-2-8-15-12/h2-9,15H,10H2,1H3,(H,17,18). The van der Waals surface area contributed by atoms with Crippen molar-refractivity contribution in [2.75, 3.05) is 6.61 Å². The van der Waals surface area contributed by atoms with Crippen LogP contribution in [0.3, 0.4) is 0 Å². The summed E-state index contributed by atoms with van der Waals surface area (Å²) in [5.74, 6) is 0.359. The Bertz CT molecular complexity index is 545. The van der Waals surface area contributed by atoms with Gasteiger partial charge in [0.1, 0.15) is 5.75 Å². The van der Waals surface area contributed by atoms with Gasteiger partial charge in [-0.2, -0.15) is 5.10 Å². The fourth-order valence-electron chi connectivity index (χ4n) is 1.41. The Balaban J connectivity index is 1.74. The zero-order chi connectivity index (χ0) is 13.5. The van der Waals surface area contributed by atoms with Gasteiger partial charge in [-0.1, -0.05) is 17.7 Å². The maximum Gasteiger partial charge on any atom is 0.277 e. The number of hydrogen-bond donors (Lipinski definition) is 2. The molecule has 0 saturated carbocycles. The topological polar surface area (TPSA) is 66.5 Å². The number of aryl methyl sites for hydroxylation is 1. The maximum atomic E-state index is 11.5. The van der Waals surface area contributed by atoms with E-state index in [9.17, 15) is 4.79 Å². The molecule has 98 valence electrons. The van der Waals surface area contributed by atoms with Gasteiger partial charge in [-0.05, 0) is 31.2 Å². The van der Waals surface area contributed by atoms with Crippen LogP contribution in [0.15, 0.2) is 47.7 Å². The number of ether oxygens (including phenoxy) is 1. The van der Waals surface area contributed by atoms with Crippen molar-refractivity contribution < 1.29 is 9.53 Å². The van der Waals surface area contributed by atoms with E-state index in [4.69, 9.17) is 4.74 Å². The van der Waals surface area contributed by atoms with Crippen molar-refractivity contribution in [3.63, 3.8) is 0 Å². The monoisotopic (exact) mass is 257 g/mol. The van der Waals surface area contributed by atoms with Gasteiger partial charge in [-0.3, -0.25) is 4.79 Å². The van der Waals surface area contributed by atoms with E-state index >= 15 is 0 Å². The Morgan fingerprint density at radius 1 is 1.37 bits per heavy atom. The lowest BCUT2D eigenvalue weighted by Gasteiger charge is -2.04. The van der Waals surface area contributed by atoms with Gasteiger partial charge in [-0.25, -0.2) is 5.43 Å². The summed E-state index contributed by atoms with van der Waals surface area (Å²) in [7, 11) is 0. The van der Waals surface area contributed by atoms with E-state index in [0.717, 1.165) is 11.3 Å². The zero-order valence-electron chi connectivity index (χ0n) is 10.6. The summed E-state index contributed by atoms with van der Waals surface area (Å²) in [5.41, 5.74) is 4.35. The first-order chi connectivity index (χ1) is 9.24. The molecule has 1 aromatic carbocycles. The van der Waals surface area contributed by atoms with Crippen molar-refractivity contribution in [2.45, 2.75) is 6.92 Å². The Labute approximate surface area is 111 Å². The maximum absolute atomic E-state index is 11.5. The highest BCUT2D eigenvalue weighted by atomic mass is 16.5. The summed E-state index contributed by atoms with van der Waals surface area (Å²) in [4.78, 5) is 14.4. The molecule has 1 heterocycles. The number of amides is 1. The minimum atomic E-state index is -0.302. The molecule has 5 nitrogen and oxygen atoms in total. The number of hydrazone groups is 1. The molecule has 0 aliphatic heterocycles. The van der Waals surface area contributed by atoms with E-state index in [0.29, 0.717) is 5.75 Å². The molecule has 0 aliphatic rings. The van der Waals surface area contributed by atoms with Crippen molar-refractivity contribution in [3.8, 4) is 5.75 Å². The highest BCUT2D eigenvalue weighted by molar-refractivity contribution is 5.81. The van der Waals surface area contributed by atoms with Crippen molar-refractivity contribution in [2.24, 2.45) is 5.10 Å². The predicted octanol–water partition coefficient (Wildman–Crippen LogP) is 1.85. The summed E-state index contributed by atoms with van der Waals surface area (Å²) in [6.07, 6.45) is 3.31. The number of carbonyl (C=O) groups excluding carboxylic acids is 1. The van der Waals surface area contributed by atoms with Crippen molar-refractivity contribution in [3.05, 3.63) is 53.9 Å². The largest absolute Gasteiger partial charge is 0.484 e. The molecule has 0 unspecified atom stereocenters.